The van der Waals surface area contributed by atoms with E-state index in [-0.39, 0.29) is 12.0 Å². The number of ether oxygens (including phenoxy) is 3. The molecule has 1 saturated heterocycles. The summed E-state index contributed by atoms with van der Waals surface area (Å²) in [4.78, 5) is 16.4. The zero-order chi connectivity index (χ0) is 18.9. The number of carbonyl (C=O) groups is 1. The van der Waals surface area contributed by atoms with Gasteiger partial charge in [0, 0.05) is 25.5 Å². The summed E-state index contributed by atoms with van der Waals surface area (Å²) in [6.45, 7) is 2.33. The van der Waals surface area contributed by atoms with Gasteiger partial charge in [0.25, 0.3) is 5.91 Å². The number of pyridine rings is 1. The molecule has 1 unspecified atom stereocenters. The molecule has 0 bridgehead atoms. The predicted molar refractivity (Wildman–Crippen MR) is 103 cm³/mol. The maximum atomic E-state index is 12.3. The summed E-state index contributed by atoms with van der Waals surface area (Å²) in [6, 6.07) is 9.10. The fraction of sp³-hybridized carbons (Fsp3) is 0.400. The molecule has 0 aliphatic carbocycles. The molecule has 2 aromatic rings. The summed E-state index contributed by atoms with van der Waals surface area (Å²) in [5.41, 5.74) is 1.32. The Balaban J connectivity index is 1.41. The fourth-order valence-corrected chi connectivity index (χ4v) is 2.81. The first-order chi connectivity index (χ1) is 13.2. The van der Waals surface area contributed by atoms with Gasteiger partial charge in [-0.15, -0.1) is 0 Å². The Labute approximate surface area is 159 Å². The van der Waals surface area contributed by atoms with Crippen LogP contribution in [0.1, 0.15) is 23.2 Å². The summed E-state index contributed by atoms with van der Waals surface area (Å²) in [5.74, 6) is 1.32. The third-order valence-corrected chi connectivity index (χ3v) is 4.27. The second-order valence-electron chi connectivity index (χ2n) is 6.26. The highest BCUT2D eigenvalue weighted by molar-refractivity contribution is 5.94. The number of nitrogens with zero attached hydrogens (tertiary/aromatic N) is 1. The van der Waals surface area contributed by atoms with E-state index in [0.29, 0.717) is 18.7 Å². The SMILES string of the molecule is COc1ccc(OCCNC(=O)c2cncc(NCC3CCCO3)c2)cc1. The van der Waals surface area contributed by atoms with Gasteiger partial charge in [0.1, 0.15) is 18.1 Å². The summed E-state index contributed by atoms with van der Waals surface area (Å²) in [6.07, 6.45) is 5.66. The lowest BCUT2D eigenvalue weighted by Crippen LogP contribution is -2.28. The second-order valence-corrected chi connectivity index (χ2v) is 6.26. The van der Waals surface area contributed by atoms with Gasteiger partial charge in [-0.25, -0.2) is 0 Å². The van der Waals surface area contributed by atoms with Crippen LogP contribution in [-0.2, 0) is 4.74 Å². The number of benzene rings is 1. The van der Waals surface area contributed by atoms with Crippen LogP contribution in [0.3, 0.4) is 0 Å². The van der Waals surface area contributed by atoms with Crippen LogP contribution in [0.25, 0.3) is 0 Å². The molecule has 0 spiro atoms. The average Bonchev–Trinajstić information content (AvgIpc) is 3.24. The minimum Gasteiger partial charge on any atom is -0.497 e. The van der Waals surface area contributed by atoms with Crippen molar-refractivity contribution in [2.24, 2.45) is 0 Å². The Hall–Kier alpha value is -2.80. The van der Waals surface area contributed by atoms with Crippen LogP contribution in [0.15, 0.2) is 42.7 Å². The van der Waals surface area contributed by atoms with Crippen molar-refractivity contribution in [3.63, 3.8) is 0 Å². The highest BCUT2D eigenvalue weighted by atomic mass is 16.5. The molecular formula is C20H25N3O4. The third kappa shape index (κ3) is 5.86. The van der Waals surface area contributed by atoms with Crippen molar-refractivity contribution in [2.75, 3.05) is 38.7 Å². The first-order valence-corrected chi connectivity index (χ1v) is 9.10. The van der Waals surface area contributed by atoms with Crippen LogP contribution in [-0.4, -0.2) is 50.4 Å². The highest BCUT2D eigenvalue weighted by Gasteiger charge is 2.15. The number of nitrogens with one attached hydrogen (secondary N) is 2. The molecule has 2 heterocycles. The van der Waals surface area contributed by atoms with E-state index < -0.39 is 0 Å². The van der Waals surface area contributed by atoms with Crippen molar-refractivity contribution in [3.05, 3.63) is 48.3 Å². The van der Waals surface area contributed by atoms with E-state index >= 15 is 0 Å². The average molecular weight is 371 g/mol. The predicted octanol–water partition coefficient (Wildman–Crippen LogP) is 2.49. The van der Waals surface area contributed by atoms with Crippen molar-refractivity contribution in [3.8, 4) is 11.5 Å². The summed E-state index contributed by atoms with van der Waals surface area (Å²) < 4.78 is 16.3. The molecule has 1 atom stereocenters. The number of hydrogen-bond acceptors (Lipinski definition) is 6. The van der Waals surface area contributed by atoms with Crippen LogP contribution in [0.2, 0.25) is 0 Å². The number of hydrogen-bond donors (Lipinski definition) is 2. The number of methoxy groups -OCH3 is 1. The molecule has 7 heteroatoms. The standard InChI is InChI=1S/C20H25N3O4/c1-25-17-4-6-18(7-5-17)27-10-8-22-20(24)15-11-16(13-21-12-15)23-14-19-3-2-9-26-19/h4-7,11-13,19,23H,2-3,8-10,14H2,1H3,(H,22,24). The largest absolute Gasteiger partial charge is 0.497 e. The third-order valence-electron chi connectivity index (χ3n) is 4.27. The van der Waals surface area contributed by atoms with E-state index in [1.807, 2.05) is 24.3 Å². The number of aromatic nitrogens is 1. The van der Waals surface area contributed by atoms with Crippen molar-refractivity contribution in [1.82, 2.24) is 10.3 Å². The molecule has 1 aliphatic heterocycles. The first kappa shape index (κ1) is 19.0. The Morgan fingerprint density at radius 2 is 2.07 bits per heavy atom. The maximum Gasteiger partial charge on any atom is 0.253 e. The summed E-state index contributed by atoms with van der Waals surface area (Å²) >= 11 is 0. The molecule has 1 aliphatic rings. The highest BCUT2D eigenvalue weighted by Crippen LogP contribution is 2.17. The van der Waals surface area contributed by atoms with Gasteiger partial charge in [-0.2, -0.15) is 0 Å². The molecule has 1 amide bonds. The maximum absolute atomic E-state index is 12.3. The molecule has 7 nitrogen and oxygen atoms in total. The topological polar surface area (TPSA) is 81.7 Å². The van der Waals surface area contributed by atoms with E-state index in [2.05, 4.69) is 15.6 Å². The van der Waals surface area contributed by atoms with Crippen molar-refractivity contribution in [1.29, 1.82) is 0 Å². The Morgan fingerprint density at radius 3 is 2.81 bits per heavy atom. The normalized spacial score (nSPS) is 16.0. The number of amides is 1. The lowest BCUT2D eigenvalue weighted by Gasteiger charge is -2.12. The Morgan fingerprint density at radius 1 is 1.26 bits per heavy atom. The minimum absolute atomic E-state index is 0.179. The van der Waals surface area contributed by atoms with E-state index in [4.69, 9.17) is 14.2 Å². The van der Waals surface area contributed by atoms with E-state index in [9.17, 15) is 4.79 Å². The van der Waals surface area contributed by atoms with Crippen LogP contribution in [0, 0.1) is 0 Å². The molecule has 144 valence electrons. The minimum atomic E-state index is -0.179. The zero-order valence-electron chi connectivity index (χ0n) is 15.4. The van der Waals surface area contributed by atoms with Gasteiger partial charge in [0.05, 0.1) is 31.0 Å². The summed E-state index contributed by atoms with van der Waals surface area (Å²) in [7, 11) is 1.62. The van der Waals surface area contributed by atoms with E-state index in [0.717, 1.165) is 43.2 Å². The molecule has 0 saturated carbocycles. The van der Waals surface area contributed by atoms with Gasteiger partial charge in [-0.1, -0.05) is 0 Å². The van der Waals surface area contributed by atoms with Crippen LogP contribution in [0.4, 0.5) is 5.69 Å². The quantitative estimate of drug-likeness (QED) is 0.659. The first-order valence-electron chi connectivity index (χ1n) is 9.10. The molecular weight excluding hydrogens is 346 g/mol. The van der Waals surface area contributed by atoms with Crippen LogP contribution in [0.5, 0.6) is 11.5 Å². The van der Waals surface area contributed by atoms with Crippen LogP contribution >= 0.6 is 0 Å². The van der Waals surface area contributed by atoms with Crippen LogP contribution < -0.4 is 20.1 Å². The number of anilines is 1. The molecule has 2 N–H and O–H groups in total. The van der Waals surface area contributed by atoms with Crippen molar-refractivity contribution >= 4 is 11.6 Å². The molecule has 1 aromatic heterocycles. The Kier molecular flexibility index (Phi) is 6.87. The van der Waals surface area contributed by atoms with Gasteiger partial charge in [0.15, 0.2) is 0 Å². The number of carbonyl (C=O) groups excluding carboxylic acids is 1. The van der Waals surface area contributed by atoms with E-state index in [1.165, 1.54) is 0 Å². The van der Waals surface area contributed by atoms with E-state index in [1.54, 1.807) is 25.6 Å². The lowest BCUT2D eigenvalue weighted by molar-refractivity contribution is 0.0946. The molecule has 27 heavy (non-hydrogen) atoms. The monoisotopic (exact) mass is 371 g/mol. The van der Waals surface area contributed by atoms with Crippen molar-refractivity contribution in [2.45, 2.75) is 18.9 Å². The lowest BCUT2D eigenvalue weighted by atomic mass is 10.2. The second kappa shape index (κ2) is 9.78. The smallest absolute Gasteiger partial charge is 0.253 e. The van der Waals surface area contributed by atoms with Gasteiger partial charge in [-0.3, -0.25) is 9.78 Å². The Bertz CT molecular complexity index is 730. The number of rotatable bonds is 9. The van der Waals surface area contributed by atoms with Gasteiger partial charge < -0.3 is 24.8 Å². The molecule has 0 radical (unpaired) electrons. The van der Waals surface area contributed by atoms with Gasteiger partial charge >= 0.3 is 0 Å². The van der Waals surface area contributed by atoms with Gasteiger partial charge in [0.2, 0.25) is 0 Å². The molecule has 1 fully saturated rings. The van der Waals surface area contributed by atoms with Crippen molar-refractivity contribution < 1.29 is 19.0 Å². The summed E-state index contributed by atoms with van der Waals surface area (Å²) in [5, 5.41) is 6.11. The molecule has 1 aromatic carbocycles. The molecule has 3 rings (SSSR count). The fourth-order valence-electron chi connectivity index (χ4n) is 2.81. The van der Waals surface area contributed by atoms with Gasteiger partial charge in [-0.05, 0) is 43.2 Å². The zero-order valence-corrected chi connectivity index (χ0v) is 15.4.